The van der Waals surface area contributed by atoms with Crippen LogP contribution in [0.4, 0.5) is 0 Å². The van der Waals surface area contributed by atoms with Crippen molar-refractivity contribution < 1.29 is 10.2 Å². The summed E-state index contributed by atoms with van der Waals surface area (Å²) in [4.78, 5) is 0. The molecule has 4 rings (SSSR count). The maximum absolute atomic E-state index is 10.7. The molecule has 158 valence electrons. The van der Waals surface area contributed by atoms with Gasteiger partial charge in [-0.15, -0.1) is 0 Å². The number of hydrogen-bond acceptors (Lipinski definition) is 2. The zero-order chi connectivity index (χ0) is 20.1. The van der Waals surface area contributed by atoms with Crippen LogP contribution in [0.25, 0.3) is 0 Å². The van der Waals surface area contributed by atoms with Crippen LogP contribution in [0.15, 0.2) is 23.3 Å². The third kappa shape index (κ3) is 3.43. The van der Waals surface area contributed by atoms with Gasteiger partial charge < -0.3 is 10.2 Å². The predicted octanol–water partition coefficient (Wildman–Crippen LogP) is 6.03. The van der Waals surface area contributed by atoms with Crippen molar-refractivity contribution in [3.05, 3.63) is 23.3 Å². The fourth-order valence-corrected chi connectivity index (χ4v) is 7.45. The lowest BCUT2D eigenvalue weighted by Gasteiger charge is -2.54. The van der Waals surface area contributed by atoms with Crippen LogP contribution in [0.5, 0.6) is 0 Å². The van der Waals surface area contributed by atoms with Gasteiger partial charge in [0.2, 0.25) is 0 Å². The summed E-state index contributed by atoms with van der Waals surface area (Å²) in [6, 6.07) is 0. The Morgan fingerprint density at radius 2 is 1.79 bits per heavy atom. The van der Waals surface area contributed by atoms with Crippen molar-refractivity contribution in [1.29, 1.82) is 0 Å². The Labute approximate surface area is 172 Å². The number of aliphatic hydroxyl groups is 2. The maximum Gasteiger partial charge on any atom is 0.0578 e. The van der Waals surface area contributed by atoms with Gasteiger partial charge in [0, 0.05) is 0 Å². The van der Waals surface area contributed by atoms with E-state index in [2.05, 4.69) is 39.8 Å². The molecule has 7 unspecified atom stereocenters. The lowest BCUT2D eigenvalue weighted by molar-refractivity contribution is 0.0286. The molecule has 0 aromatic rings. The summed E-state index contributed by atoms with van der Waals surface area (Å²) < 4.78 is 0. The van der Waals surface area contributed by atoms with Gasteiger partial charge in [0.05, 0.1) is 12.2 Å². The maximum atomic E-state index is 10.7. The van der Waals surface area contributed by atoms with E-state index in [1.165, 1.54) is 31.3 Å². The second-order valence-electron chi connectivity index (χ2n) is 11.5. The van der Waals surface area contributed by atoms with Gasteiger partial charge in [-0.25, -0.2) is 0 Å². The molecule has 3 fully saturated rings. The van der Waals surface area contributed by atoms with E-state index in [0.29, 0.717) is 29.1 Å². The molecule has 4 aliphatic carbocycles. The lowest BCUT2D eigenvalue weighted by atomic mass is 9.50. The number of hydrogen-bond donors (Lipinski definition) is 2. The summed E-state index contributed by atoms with van der Waals surface area (Å²) in [6.07, 6.45) is 15.9. The molecule has 2 N–H and O–H groups in total. The number of aliphatic hydroxyl groups excluding tert-OH is 2. The van der Waals surface area contributed by atoms with Crippen molar-refractivity contribution >= 4 is 0 Å². The molecule has 0 heterocycles. The van der Waals surface area contributed by atoms with Gasteiger partial charge in [-0.2, -0.15) is 0 Å². The topological polar surface area (TPSA) is 40.5 Å². The third-order valence-electron chi connectivity index (χ3n) is 9.37. The zero-order valence-corrected chi connectivity index (χ0v) is 18.6. The van der Waals surface area contributed by atoms with E-state index in [0.717, 1.165) is 38.5 Å². The minimum Gasteiger partial charge on any atom is -0.393 e. The first-order chi connectivity index (χ1) is 13.2. The zero-order valence-electron chi connectivity index (χ0n) is 18.6. The van der Waals surface area contributed by atoms with Gasteiger partial charge in [-0.1, -0.05) is 51.0 Å². The largest absolute Gasteiger partial charge is 0.393 e. The molecule has 0 radical (unpaired) electrons. The summed E-state index contributed by atoms with van der Waals surface area (Å²) in [5, 5.41) is 20.8. The second kappa shape index (κ2) is 7.58. The van der Waals surface area contributed by atoms with Crippen LogP contribution in [0.2, 0.25) is 0 Å². The average molecular weight is 387 g/mol. The number of rotatable bonds is 5. The Morgan fingerprint density at radius 1 is 1.00 bits per heavy atom. The molecule has 2 nitrogen and oxygen atoms in total. The minimum absolute atomic E-state index is 0.120. The quantitative estimate of drug-likeness (QED) is 0.605. The van der Waals surface area contributed by atoms with E-state index in [1.807, 2.05) is 0 Å². The van der Waals surface area contributed by atoms with Crippen molar-refractivity contribution in [2.24, 2.45) is 34.5 Å². The fraction of sp³-hybridized carbons (Fsp3) is 0.846. The van der Waals surface area contributed by atoms with Crippen LogP contribution in [0.1, 0.15) is 91.9 Å². The van der Waals surface area contributed by atoms with Gasteiger partial charge in [-0.05, 0) is 98.7 Å². The molecule has 0 aromatic carbocycles. The van der Waals surface area contributed by atoms with Gasteiger partial charge in [0.1, 0.15) is 0 Å². The summed E-state index contributed by atoms with van der Waals surface area (Å²) in [7, 11) is 0. The van der Waals surface area contributed by atoms with Gasteiger partial charge in [-0.3, -0.25) is 0 Å². The highest BCUT2D eigenvalue weighted by Gasteiger charge is 2.56. The highest BCUT2D eigenvalue weighted by Crippen LogP contribution is 2.65. The number of fused-ring (bicyclic) bond motifs is 5. The van der Waals surface area contributed by atoms with Gasteiger partial charge in [0.25, 0.3) is 0 Å². The van der Waals surface area contributed by atoms with E-state index in [9.17, 15) is 10.2 Å². The summed E-state index contributed by atoms with van der Waals surface area (Å²) in [6.45, 7) is 9.52. The van der Waals surface area contributed by atoms with Crippen LogP contribution >= 0.6 is 0 Å². The molecule has 7 atom stereocenters. The Morgan fingerprint density at radius 3 is 2.54 bits per heavy atom. The summed E-state index contributed by atoms with van der Waals surface area (Å²) in [5.74, 6) is 2.74. The molecule has 0 bridgehead atoms. The van der Waals surface area contributed by atoms with E-state index < -0.39 is 0 Å². The normalized spacial score (nSPS) is 43.7. The van der Waals surface area contributed by atoms with E-state index in [4.69, 9.17) is 0 Å². The van der Waals surface area contributed by atoms with Crippen LogP contribution in [0, 0.1) is 34.5 Å². The first-order valence-electron chi connectivity index (χ1n) is 12.0. The van der Waals surface area contributed by atoms with Crippen LogP contribution < -0.4 is 0 Å². The molecular formula is C26H42O2. The third-order valence-corrected chi connectivity index (χ3v) is 9.37. The highest BCUT2D eigenvalue weighted by atomic mass is 16.3. The van der Waals surface area contributed by atoms with Crippen molar-refractivity contribution in [2.45, 2.75) is 104 Å². The van der Waals surface area contributed by atoms with Crippen LogP contribution in [-0.2, 0) is 0 Å². The van der Waals surface area contributed by atoms with Crippen LogP contribution in [-0.4, -0.2) is 22.4 Å². The second-order valence-corrected chi connectivity index (χ2v) is 11.5. The first-order valence-corrected chi connectivity index (χ1v) is 12.0. The highest BCUT2D eigenvalue weighted by molar-refractivity contribution is 5.38. The standard InChI is InChI=1S/C26H42O2/c1-17(2)5-8-20(27)15-19-7-10-23-22-9-6-18-16-21(28)11-13-25(18,3)24(22)12-14-26(19,23)4/h6,9,17,19-21,23-24,27-28H,5,7-8,10-16H2,1-4H3. The molecule has 4 aliphatic rings. The van der Waals surface area contributed by atoms with Crippen molar-refractivity contribution in [3.63, 3.8) is 0 Å². The van der Waals surface area contributed by atoms with Crippen molar-refractivity contribution in [2.75, 3.05) is 0 Å². The molecule has 0 amide bonds. The van der Waals surface area contributed by atoms with Gasteiger partial charge >= 0.3 is 0 Å². The van der Waals surface area contributed by atoms with E-state index in [1.54, 1.807) is 5.57 Å². The lowest BCUT2D eigenvalue weighted by Crippen LogP contribution is -2.46. The molecule has 3 saturated carbocycles. The van der Waals surface area contributed by atoms with E-state index in [-0.39, 0.29) is 17.6 Å². The first kappa shape index (κ1) is 20.7. The molecule has 0 saturated heterocycles. The molecular weight excluding hydrogens is 344 g/mol. The Hall–Kier alpha value is -0.600. The predicted molar refractivity (Wildman–Crippen MR) is 116 cm³/mol. The summed E-state index contributed by atoms with van der Waals surface area (Å²) in [5.41, 5.74) is 3.87. The fourth-order valence-electron chi connectivity index (χ4n) is 7.45. The van der Waals surface area contributed by atoms with Crippen molar-refractivity contribution in [3.8, 4) is 0 Å². The SMILES string of the molecule is CC(C)CCC(O)CC1CCC2C3=CC=C4CC(O)CCC4(C)C3CCC12C. The monoisotopic (exact) mass is 386 g/mol. The van der Waals surface area contributed by atoms with Gasteiger partial charge in [0.15, 0.2) is 0 Å². The Balaban J connectivity index is 1.51. The van der Waals surface area contributed by atoms with E-state index >= 15 is 0 Å². The molecule has 0 aliphatic heterocycles. The minimum atomic E-state index is -0.133. The smallest absolute Gasteiger partial charge is 0.0578 e. The number of allylic oxidation sites excluding steroid dienone is 3. The summed E-state index contributed by atoms with van der Waals surface area (Å²) >= 11 is 0. The molecule has 0 aromatic heterocycles. The Bertz CT molecular complexity index is 647. The average Bonchev–Trinajstić information content (AvgIpc) is 2.97. The Kier molecular flexibility index (Phi) is 5.59. The van der Waals surface area contributed by atoms with Crippen molar-refractivity contribution in [1.82, 2.24) is 0 Å². The van der Waals surface area contributed by atoms with Crippen LogP contribution in [0.3, 0.4) is 0 Å². The molecule has 2 heteroatoms. The molecule has 0 spiro atoms. The molecule has 28 heavy (non-hydrogen) atoms.